The Labute approximate surface area is 161 Å². The fourth-order valence-electron chi connectivity index (χ4n) is 3.15. The van der Waals surface area contributed by atoms with Gasteiger partial charge < -0.3 is 14.8 Å². The number of nitrogens with zero attached hydrogens (tertiary/aromatic N) is 5. The number of imidazole rings is 1. The van der Waals surface area contributed by atoms with Crippen LogP contribution in [0.25, 0.3) is 5.69 Å². The van der Waals surface area contributed by atoms with Gasteiger partial charge in [0.2, 0.25) is 5.91 Å². The Kier molecular flexibility index (Phi) is 5.99. The Morgan fingerprint density at radius 2 is 2.00 bits per heavy atom. The van der Waals surface area contributed by atoms with Gasteiger partial charge in [-0.1, -0.05) is 0 Å². The molecule has 1 aliphatic heterocycles. The largest absolute Gasteiger partial charge is 0.351 e. The molecule has 2 heterocycles. The van der Waals surface area contributed by atoms with Crippen LogP contribution in [0, 0.1) is 10.1 Å². The lowest BCUT2D eigenvalue weighted by Gasteiger charge is -2.34. The van der Waals surface area contributed by atoms with Gasteiger partial charge in [0.05, 0.1) is 11.3 Å². The van der Waals surface area contributed by atoms with Crippen molar-refractivity contribution in [3.05, 3.63) is 52.6 Å². The Balaban J connectivity index is 1.57. The molecular formula is C18H22N6O4. The number of piperazine rings is 1. The third-order valence-corrected chi connectivity index (χ3v) is 4.75. The molecule has 10 nitrogen and oxygen atoms in total. The molecule has 0 saturated carbocycles. The first-order valence-electron chi connectivity index (χ1n) is 8.98. The number of carbonyl (C=O) groups excluding carboxylic acids is 2. The number of amides is 2. The number of hydrogen-bond acceptors (Lipinski definition) is 6. The number of hydrogen-bond donors (Lipinski definition) is 1. The molecule has 0 bridgehead atoms. The van der Waals surface area contributed by atoms with Gasteiger partial charge in [0, 0.05) is 70.2 Å². The van der Waals surface area contributed by atoms with Crippen molar-refractivity contribution in [2.75, 3.05) is 39.3 Å². The van der Waals surface area contributed by atoms with Gasteiger partial charge in [-0.25, -0.2) is 4.98 Å². The van der Waals surface area contributed by atoms with Crippen LogP contribution in [0.3, 0.4) is 0 Å². The molecule has 0 atom stereocenters. The van der Waals surface area contributed by atoms with E-state index in [1.807, 2.05) is 0 Å². The zero-order valence-corrected chi connectivity index (χ0v) is 15.6. The van der Waals surface area contributed by atoms with Crippen molar-refractivity contribution in [3.8, 4) is 5.69 Å². The van der Waals surface area contributed by atoms with Crippen LogP contribution in [0.2, 0.25) is 0 Å². The maximum Gasteiger partial charge on any atom is 0.294 e. The fraction of sp³-hybridized carbons (Fsp3) is 0.389. The third kappa shape index (κ3) is 4.52. The van der Waals surface area contributed by atoms with Gasteiger partial charge in [0.1, 0.15) is 5.69 Å². The standard InChI is InChI=1S/C18H22N6O4/c1-14(25)22-10-8-21(9-11-22)6-5-20-18(26)15-2-3-16(17(12-15)24(27)28)23-7-4-19-13-23/h2-4,7,12-13H,5-6,8-11H2,1H3,(H,20,26). The predicted octanol–water partition coefficient (Wildman–Crippen LogP) is 0.674. The van der Waals surface area contributed by atoms with Crippen molar-refractivity contribution < 1.29 is 14.5 Å². The molecule has 1 fully saturated rings. The van der Waals surface area contributed by atoms with Crippen LogP contribution in [-0.2, 0) is 4.79 Å². The fourth-order valence-corrected chi connectivity index (χ4v) is 3.15. The second-order valence-corrected chi connectivity index (χ2v) is 6.53. The second-order valence-electron chi connectivity index (χ2n) is 6.53. The van der Waals surface area contributed by atoms with Crippen molar-refractivity contribution in [1.82, 2.24) is 24.7 Å². The number of rotatable bonds is 6. The summed E-state index contributed by atoms with van der Waals surface area (Å²) < 4.78 is 1.53. The third-order valence-electron chi connectivity index (χ3n) is 4.75. The summed E-state index contributed by atoms with van der Waals surface area (Å²) in [7, 11) is 0. The van der Waals surface area contributed by atoms with Crippen molar-refractivity contribution in [1.29, 1.82) is 0 Å². The zero-order chi connectivity index (χ0) is 20.1. The Morgan fingerprint density at radius 3 is 2.61 bits per heavy atom. The van der Waals surface area contributed by atoms with Crippen molar-refractivity contribution in [2.24, 2.45) is 0 Å². The van der Waals surface area contributed by atoms with Crippen molar-refractivity contribution >= 4 is 17.5 Å². The molecule has 0 spiro atoms. The van der Waals surface area contributed by atoms with E-state index in [-0.39, 0.29) is 23.1 Å². The van der Waals surface area contributed by atoms with E-state index in [1.165, 1.54) is 29.2 Å². The minimum absolute atomic E-state index is 0.0775. The maximum absolute atomic E-state index is 12.4. The highest BCUT2D eigenvalue weighted by Crippen LogP contribution is 2.24. The lowest BCUT2D eigenvalue weighted by atomic mass is 10.1. The molecule has 1 saturated heterocycles. The van der Waals surface area contributed by atoms with E-state index in [1.54, 1.807) is 24.1 Å². The molecule has 148 valence electrons. The molecule has 2 aromatic rings. The second kappa shape index (κ2) is 8.61. The first kappa shape index (κ1) is 19.5. The predicted molar refractivity (Wildman–Crippen MR) is 101 cm³/mol. The molecule has 3 rings (SSSR count). The van der Waals surface area contributed by atoms with E-state index < -0.39 is 4.92 Å². The Morgan fingerprint density at radius 1 is 1.25 bits per heavy atom. The van der Waals surface area contributed by atoms with E-state index in [2.05, 4.69) is 15.2 Å². The van der Waals surface area contributed by atoms with Gasteiger partial charge in [-0.05, 0) is 12.1 Å². The average molecular weight is 386 g/mol. The first-order chi connectivity index (χ1) is 13.5. The summed E-state index contributed by atoms with van der Waals surface area (Å²) in [6, 6.07) is 4.37. The minimum atomic E-state index is -0.513. The zero-order valence-electron chi connectivity index (χ0n) is 15.6. The summed E-state index contributed by atoms with van der Waals surface area (Å²) in [5.74, 6) is -0.281. The molecular weight excluding hydrogens is 364 g/mol. The highest BCUT2D eigenvalue weighted by Gasteiger charge is 2.20. The highest BCUT2D eigenvalue weighted by atomic mass is 16.6. The van der Waals surface area contributed by atoms with E-state index in [9.17, 15) is 19.7 Å². The molecule has 0 aliphatic carbocycles. The molecule has 1 aromatic heterocycles. The van der Waals surface area contributed by atoms with Gasteiger partial charge in [-0.15, -0.1) is 0 Å². The maximum atomic E-state index is 12.4. The molecule has 28 heavy (non-hydrogen) atoms. The normalized spacial score (nSPS) is 14.7. The smallest absolute Gasteiger partial charge is 0.294 e. The SMILES string of the molecule is CC(=O)N1CCN(CCNC(=O)c2ccc(-n3ccnc3)c([N+](=O)[O-])c2)CC1. The van der Waals surface area contributed by atoms with E-state index in [4.69, 9.17) is 0 Å². The molecule has 1 aromatic carbocycles. The summed E-state index contributed by atoms with van der Waals surface area (Å²) in [6.07, 6.45) is 4.60. The van der Waals surface area contributed by atoms with Crippen LogP contribution in [0.4, 0.5) is 5.69 Å². The molecule has 0 unspecified atom stereocenters. The van der Waals surface area contributed by atoms with Crippen molar-refractivity contribution in [3.63, 3.8) is 0 Å². The summed E-state index contributed by atoms with van der Waals surface area (Å²) in [5, 5.41) is 14.2. The van der Waals surface area contributed by atoms with Crippen LogP contribution >= 0.6 is 0 Å². The lowest BCUT2D eigenvalue weighted by molar-refractivity contribution is -0.384. The first-order valence-corrected chi connectivity index (χ1v) is 8.98. The number of aromatic nitrogens is 2. The summed E-state index contributed by atoms with van der Waals surface area (Å²) in [4.78, 5) is 42.5. The number of nitrogens with one attached hydrogen (secondary N) is 1. The number of nitro benzene ring substituents is 1. The number of carbonyl (C=O) groups is 2. The average Bonchev–Trinajstić information content (AvgIpc) is 3.22. The molecule has 0 radical (unpaired) electrons. The summed E-state index contributed by atoms with van der Waals surface area (Å²) in [6.45, 7) is 5.55. The van der Waals surface area contributed by atoms with Gasteiger partial charge in [0.25, 0.3) is 11.6 Å². The van der Waals surface area contributed by atoms with Gasteiger partial charge in [0.15, 0.2) is 0 Å². The van der Waals surface area contributed by atoms with Crippen LogP contribution < -0.4 is 5.32 Å². The van der Waals surface area contributed by atoms with Crippen LogP contribution in [0.1, 0.15) is 17.3 Å². The van der Waals surface area contributed by atoms with Gasteiger partial charge in [-0.2, -0.15) is 0 Å². The van der Waals surface area contributed by atoms with Crippen LogP contribution in [0.5, 0.6) is 0 Å². The number of benzene rings is 1. The molecule has 10 heteroatoms. The summed E-state index contributed by atoms with van der Waals surface area (Å²) >= 11 is 0. The summed E-state index contributed by atoms with van der Waals surface area (Å²) in [5.41, 5.74) is 0.422. The van der Waals surface area contributed by atoms with E-state index >= 15 is 0 Å². The van der Waals surface area contributed by atoms with E-state index in [0.717, 1.165) is 13.1 Å². The van der Waals surface area contributed by atoms with Crippen LogP contribution in [-0.4, -0.2) is 75.4 Å². The highest BCUT2D eigenvalue weighted by molar-refractivity contribution is 5.95. The minimum Gasteiger partial charge on any atom is -0.351 e. The van der Waals surface area contributed by atoms with Crippen molar-refractivity contribution in [2.45, 2.75) is 6.92 Å². The molecule has 1 aliphatic rings. The Hall–Kier alpha value is -3.27. The number of nitro groups is 1. The topological polar surface area (TPSA) is 114 Å². The lowest BCUT2D eigenvalue weighted by Crippen LogP contribution is -2.49. The van der Waals surface area contributed by atoms with Gasteiger partial charge in [-0.3, -0.25) is 24.6 Å². The van der Waals surface area contributed by atoms with Gasteiger partial charge >= 0.3 is 0 Å². The van der Waals surface area contributed by atoms with E-state index in [0.29, 0.717) is 31.9 Å². The quantitative estimate of drug-likeness (QED) is 0.577. The monoisotopic (exact) mass is 386 g/mol. The van der Waals surface area contributed by atoms with Crippen LogP contribution in [0.15, 0.2) is 36.9 Å². The molecule has 2 amide bonds. The Bertz CT molecular complexity index is 859. The molecule has 1 N–H and O–H groups in total.